The van der Waals surface area contributed by atoms with Crippen molar-refractivity contribution in [2.24, 2.45) is 0 Å². The quantitative estimate of drug-likeness (QED) is 0.661. The minimum atomic E-state index is -0.117. The number of anilines is 1. The van der Waals surface area contributed by atoms with E-state index in [-0.39, 0.29) is 11.7 Å². The maximum Gasteiger partial charge on any atom is 0.170 e. The van der Waals surface area contributed by atoms with Crippen LogP contribution < -0.4 is 10.5 Å². The van der Waals surface area contributed by atoms with Crippen LogP contribution in [0.5, 0.6) is 5.75 Å². The average Bonchev–Trinajstić information content (AvgIpc) is 2.47. The minimum absolute atomic E-state index is 0.117. The van der Waals surface area contributed by atoms with Gasteiger partial charge < -0.3 is 10.5 Å². The predicted octanol–water partition coefficient (Wildman–Crippen LogP) is 3.02. The summed E-state index contributed by atoms with van der Waals surface area (Å²) in [6.07, 6.45) is 0.722. The van der Waals surface area contributed by atoms with Gasteiger partial charge in [-0.15, -0.1) is 0 Å². The van der Waals surface area contributed by atoms with E-state index >= 15 is 0 Å². The lowest BCUT2D eigenvalue weighted by molar-refractivity contribution is 0.0933. The lowest BCUT2D eigenvalue weighted by atomic mass is 9.86. The Kier molecular flexibility index (Phi) is 2.95. The van der Waals surface area contributed by atoms with Crippen molar-refractivity contribution >= 4 is 11.5 Å². The molecule has 1 heterocycles. The molecule has 3 nitrogen and oxygen atoms in total. The SMILES string of the molecule is Nc1ccc(C(=O)C2CCOc3ccccc32)cc1. The number of ketones is 1. The highest BCUT2D eigenvalue weighted by Gasteiger charge is 2.27. The van der Waals surface area contributed by atoms with Crippen LogP contribution in [0, 0.1) is 0 Å². The van der Waals surface area contributed by atoms with Gasteiger partial charge in [-0.05, 0) is 36.8 Å². The molecule has 2 N–H and O–H groups in total. The van der Waals surface area contributed by atoms with Crippen molar-refractivity contribution < 1.29 is 9.53 Å². The molecule has 1 atom stereocenters. The number of fused-ring (bicyclic) bond motifs is 1. The molecule has 19 heavy (non-hydrogen) atoms. The Morgan fingerprint density at radius 2 is 1.84 bits per heavy atom. The maximum atomic E-state index is 12.6. The molecule has 0 saturated heterocycles. The van der Waals surface area contributed by atoms with E-state index in [1.807, 2.05) is 24.3 Å². The van der Waals surface area contributed by atoms with Gasteiger partial charge in [-0.25, -0.2) is 0 Å². The fourth-order valence-electron chi connectivity index (χ4n) is 2.46. The normalized spacial score (nSPS) is 17.4. The molecule has 0 aromatic heterocycles. The molecule has 0 radical (unpaired) electrons. The third-order valence-corrected chi connectivity index (χ3v) is 3.47. The molecule has 0 bridgehead atoms. The van der Waals surface area contributed by atoms with Crippen LogP contribution in [0.25, 0.3) is 0 Å². The topological polar surface area (TPSA) is 52.3 Å². The second kappa shape index (κ2) is 4.76. The van der Waals surface area contributed by atoms with E-state index in [2.05, 4.69) is 0 Å². The number of hydrogen-bond donors (Lipinski definition) is 1. The average molecular weight is 253 g/mol. The van der Waals surface area contributed by atoms with Gasteiger partial charge in [0, 0.05) is 16.8 Å². The lowest BCUT2D eigenvalue weighted by Crippen LogP contribution is -2.21. The molecule has 0 aliphatic carbocycles. The molecule has 0 amide bonds. The van der Waals surface area contributed by atoms with E-state index in [0.29, 0.717) is 17.9 Å². The monoisotopic (exact) mass is 253 g/mol. The second-order valence-corrected chi connectivity index (χ2v) is 4.71. The first-order valence-corrected chi connectivity index (χ1v) is 6.37. The fraction of sp³-hybridized carbons (Fsp3) is 0.188. The number of nitrogens with two attached hydrogens (primary N) is 1. The standard InChI is InChI=1S/C16H15NO2/c17-12-7-5-11(6-8-12)16(18)14-9-10-19-15-4-2-1-3-13(14)15/h1-8,14H,9-10,17H2. The summed E-state index contributed by atoms with van der Waals surface area (Å²) < 4.78 is 5.59. The van der Waals surface area contributed by atoms with Gasteiger partial charge in [-0.3, -0.25) is 4.79 Å². The molecule has 2 aromatic carbocycles. The first-order chi connectivity index (χ1) is 9.25. The number of Topliss-reactive ketones (excluding diaryl/α,β-unsaturated/α-hetero) is 1. The Hall–Kier alpha value is -2.29. The molecule has 2 aromatic rings. The van der Waals surface area contributed by atoms with Crippen molar-refractivity contribution in [2.75, 3.05) is 12.3 Å². The molecule has 0 fully saturated rings. The number of rotatable bonds is 2. The summed E-state index contributed by atoms with van der Waals surface area (Å²) in [5, 5.41) is 0. The Bertz CT molecular complexity index is 604. The van der Waals surface area contributed by atoms with E-state index < -0.39 is 0 Å². The zero-order valence-electron chi connectivity index (χ0n) is 10.5. The fourth-order valence-corrected chi connectivity index (χ4v) is 2.46. The van der Waals surface area contributed by atoms with Crippen LogP contribution >= 0.6 is 0 Å². The van der Waals surface area contributed by atoms with Crippen LogP contribution in [-0.2, 0) is 0 Å². The number of ether oxygens (including phenoxy) is 1. The molecule has 1 unspecified atom stereocenters. The molecule has 0 spiro atoms. The molecule has 1 aliphatic heterocycles. The number of carbonyl (C=O) groups is 1. The first-order valence-electron chi connectivity index (χ1n) is 6.37. The van der Waals surface area contributed by atoms with Crippen molar-refractivity contribution in [1.82, 2.24) is 0 Å². The summed E-state index contributed by atoms with van der Waals surface area (Å²) in [5.74, 6) is 0.840. The van der Waals surface area contributed by atoms with Gasteiger partial charge in [0.25, 0.3) is 0 Å². The number of hydrogen-bond acceptors (Lipinski definition) is 3. The Morgan fingerprint density at radius 3 is 2.63 bits per heavy atom. The van der Waals surface area contributed by atoms with Gasteiger partial charge in [0.15, 0.2) is 5.78 Å². The van der Waals surface area contributed by atoms with Crippen molar-refractivity contribution in [3.05, 3.63) is 59.7 Å². The highest BCUT2D eigenvalue weighted by Crippen LogP contribution is 2.35. The summed E-state index contributed by atoms with van der Waals surface area (Å²) in [6, 6.07) is 14.8. The molecular weight excluding hydrogens is 238 g/mol. The molecule has 0 saturated carbocycles. The summed E-state index contributed by atoms with van der Waals surface area (Å²) in [4.78, 5) is 12.6. The third kappa shape index (κ3) is 2.19. The maximum absolute atomic E-state index is 12.6. The Balaban J connectivity index is 1.95. The van der Waals surface area contributed by atoms with Gasteiger partial charge in [-0.1, -0.05) is 18.2 Å². The van der Waals surface area contributed by atoms with Crippen LogP contribution in [0.3, 0.4) is 0 Å². The smallest absolute Gasteiger partial charge is 0.170 e. The van der Waals surface area contributed by atoms with Crippen LogP contribution in [0.15, 0.2) is 48.5 Å². The van der Waals surface area contributed by atoms with Crippen LogP contribution in [0.1, 0.15) is 28.3 Å². The van der Waals surface area contributed by atoms with E-state index in [1.165, 1.54) is 0 Å². The first kappa shape index (κ1) is 11.8. The second-order valence-electron chi connectivity index (χ2n) is 4.71. The summed E-state index contributed by atoms with van der Waals surface area (Å²) >= 11 is 0. The molecule has 3 rings (SSSR count). The number of benzene rings is 2. The molecule has 3 heteroatoms. The van der Waals surface area contributed by atoms with Crippen LogP contribution in [0.4, 0.5) is 5.69 Å². The molecule has 1 aliphatic rings. The van der Waals surface area contributed by atoms with E-state index in [1.54, 1.807) is 24.3 Å². The third-order valence-electron chi connectivity index (χ3n) is 3.47. The Morgan fingerprint density at radius 1 is 1.11 bits per heavy atom. The number of para-hydroxylation sites is 1. The van der Waals surface area contributed by atoms with Crippen molar-refractivity contribution in [3.63, 3.8) is 0 Å². The molecular formula is C16H15NO2. The minimum Gasteiger partial charge on any atom is -0.493 e. The van der Waals surface area contributed by atoms with Gasteiger partial charge in [-0.2, -0.15) is 0 Å². The largest absolute Gasteiger partial charge is 0.493 e. The number of carbonyl (C=O) groups excluding carboxylic acids is 1. The van der Waals surface area contributed by atoms with Gasteiger partial charge in [0.05, 0.1) is 12.5 Å². The summed E-state index contributed by atoms with van der Waals surface area (Å²) in [5.41, 5.74) is 8.01. The zero-order chi connectivity index (χ0) is 13.2. The van der Waals surface area contributed by atoms with E-state index in [4.69, 9.17) is 10.5 Å². The Labute approximate surface area is 112 Å². The lowest BCUT2D eigenvalue weighted by Gasteiger charge is -2.24. The van der Waals surface area contributed by atoms with E-state index in [0.717, 1.165) is 17.7 Å². The van der Waals surface area contributed by atoms with Crippen molar-refractivity contribution in [1.29, 1.82) is 0 Å². The van der Waals surface area contributed by atoms with Crippen molar-refractivity contribution in [3.8, 4) is 5.75 Å². The highest BCUT2D eigenvalue weighted by atomic mass is 16.5. The van der Waals surface area contributed by atoms with Gasteiger partial charge >= 0.3 is 0 Å². The van der Waals surface area contributed by atoms with E-state index in [9.17, 15) is 4.79 Å². The van der Waals surface area contributed by atoms with Crippen molar-refractivity contribution in [2.45, 2.75) is 12.3 Å². The zero-order valence-corrected chi connectivity index (χ0v) is 10.5. The predicted molar refractivity (Wildman–Crippen MR) is 74.5 cm³/mol. The number of nitrogen functional groups attached to an aromatic ring is 1. The van der Waals surface area contributed by atoms with Gasteiger partial charge in [0.1, 0.15) is 5.75 Å². The van der Waals surface area contributed by atoms with Crippen LogP contribution in [-0.4, -0.2) is 12.4 Å². The summed E-state index contributed by atoms with van der Waals surface area (Å²) in [6.45, 7) is 0.586. The van der Waals surface area contributed by atoms with Gasteiger partial charge in [0.2, 0.25) is 0 Å². The van der Waals surface area contributed by atoms with Crippen LogP contribution in [0.2, 0.25) is 0 Å². The summed E-state index contributed by atoms with van der Waals surface area (Å²) in [7, 11) is 0. The highest BCUT2D eigenvalue weighted by molar-refractivity contribution is 6.01. The molecule has 96 valence electrons.